The molecule has 12 heavy (non-hydrogen) atoms. The minimum atomic E-state index is -1.13. The van der Waals surface area contributed by atoms with E-state index in [-0.39, 0.29) is 5.47 Å². The summed E-state index contributed by atoms with van der Waals surface area (Å²) >= 11 is 0. The minimum absolute atomic E-state index is 0.239. The molecule has 4 heteroatoms. The van der Waals surface area contributed by atoms with Crippen molar-refractivity contribution in [3.8, 4) is 0 Å². The fraction of sp³-hybridized carbons (Fsp3) is 0.125. The Morgan fingerprint density at radius 3 is 2.50 bits per heavy atom. The SMILES string of the molecule is [B]/C(C=C)=C(\O)C(=O)/C(F)=C\C. The molecule has 0 heterocycles. The van der Waals surface area contributed by atoms with Gasteiger partial charge in [0, 0.05) is 0 Å². The van der Waals surface area contributed by atoms with Crippen LogP contribution in [0.25, 0.3) is 0 Å². The molecule has 0 aliphatic carbocycles. The number of aliphatic hydroxyl groups excluding tert-OH is 1. The van der Waals surface area contributed by atoms with E-state index in [1.165, 1.54) is 6.92 Å². The number of carbonyl (C=O) groups is 1. The molecule has 2 radical (unpaired) electrons. The first-order valence-corrected chi connectivity index (χ1v) is 3.22. The van der Waals surface area contributed by atoms with Crippen molar-refractivity contribution >= 4 is 13.6 Å². The van der Waals surface area contributed by atoms with E-state index in [4.69, 9.17) is 13.0 Å². The summed E-state index contributed by atoms with van der Waals surface area (Å²) in [6.07, 6.45) is 2.01. The van der Waals surface area contributed by atoms with Crippen molar-refractivity contribution in [1.82, 2.24) is 0 Å². The topological polar surface area (TPSA) is 37.3 Å². The van der Waals surface area contributed by atoms with E-state index < -0.39 is 17.4 Å². The Balaban J connectivity index is 4.85. The highest BCUT2D eigenvalue weighted by Crippen LogP contribution is 2.08. The molecule has 0 unspecified atom stereocenters. The first-order valence-electron chi connectivity index (χ1n) is 3.22. The Morgan fingerprint density at radius 2 is 2.17 bits per heavy atom. The van der Waals surface area contributed by atoms with Crippen LogP contribution in [0.15, 0.2) is 35.8 Å². The summed E-state index contributed by atoms with van der Waals surface area (Å²) in [6, 6.07) is 0. The van der Waals surface area contributed by atoms with E-state index in [2.05, 4.69) is 6.58 Å². The van der Waals surface area contributed by atoms with Crippen LogP contribution in [0.4, 0.5) is 4.39 Å². The first kappa shape index (κ1) is 10.7. The van der Waals surface area contributed by atoms with Crippen LogP contribution in [-0.2, 0) is 4.79 Å². The second-order valence-corrected chi connectivity index (χ2v) is 1.97. The van der Waals surface area contributed by atoms with Crippen LogP contribution < -0.4 is 0 Å². The number of rotatable bonds is 3. The molecular formula is C8H8BFO2. The summed E-state index contributed by atoms with van der Waals surface area (Å²) in [5.41, 5.74) is -0.239. The summed E-state index contributed by atoms with van der Waals surface area (Å²) in [4.78, 5) is 10.8. The van der Waals surface area contributed by atoms with Crippen molar-refractivity contribution in [2.75, 3.05) is 0 Å². The number of ketones is 1. The molecule has 0 fully saturated rings. The van der Waals surface area contributed by atoms with Gasteiger partial charge in [0.1, 0.15) is 7.85 Å². The van der Waals surface area contributed by atoms with E-state index >= 15 is 0 Å². The molecule has 0 atom stereocenters. The van der Waals surface area contributed by atoms with E-state index in [0.717, 1.165) is 12.2 Å². The Bertz CT molecular complexity index is 266. The predicted molar refractivity (Wildman–Crippen MR) is 45.5 cm³/mol. The Hall–Kier alpha value is -1.32. The summed E-state index contributed by atoms with van der Waals surface area (Å²) in [5, 5.41) is 8.94. The maximum atomic E-state index is 12.5. The second kappa shape index (κ2) is 4.54. The summed E-state index contributed by atoms with van der Waals surface area (Å²) in [7, 11) is 5.11. The third kappa shape index (κ3) is 2.38. The Kier molecular flexibility index (Phi) is 4.04. The third-order valence-electron chi connectivity index (χ3n) is 1.18. The monoisotopic (exact) mass is 166 g/mol. The van der Waals surface area contributed by atoms with Crippen molar-refractivity contribution in [2.45, 2.75) is 6.92 Å². The molecule has 0 aromatic heterocycles. The largest absolute Gasteiger partial charge is 0.504 e. The van der Waals surface area contributed by atoms with Crippen molar-refractivity contribution in [3.05, 3.63) is 35.8 Å². The fourth-order valence-corrected chi connectivity index (χ4v) is 0.472. The van der Waals surface area contributed by atoms with E-state index in [1.807, 2.05) is 0 Å². The predicted octanol–water partition coefficient (Wildman–Crippen LogP) is 1.55. The lowest BCUT2D eigenvalue weighted by Gasteiger charge is -1.98. The van der Waals surface area contributed by atoms with Crippen LogP contribution in [0, 0.1) is 0 Å². The van der Waals surface area contributed by atoms with Gasteiger partial charge in [0.15, 0.2) is 11.6 Å². The Morgan fingerprint density at radius 1 is 1.67 bits per heavy atom. The number of hydrogen-bond acceptors (Lipinski definition) is 2. The molecule has 0 aliphatic rings. The van der Waals surface area contributed by atoms with E-state index in [1.54, 1.807) is 0 Å². The quantitative estimate of drug-likeness (QED) is 0.299. The van der Waals surface area contributed by atoms with Crippen molar-refractivity contribution in [3.63, 3.8) is 0 Å². The number of Topliss-reactive ketones (excluding diaryl/α,β-unsaturated/α-hetero) is 1. The zero-order chi connectivity index (χ0) is 9.72. The summed E-state index contributed by atoms with van der Waals surface area (Å²) in [5.74, 6) is -2.99. The number of halogens is 1. The molecule has 0 spiro atoms. The fourth-order valence-electron chi connectivity index (χ4n) is 0.472. The van der Waals surface area contributed by atoms with E-state index in [9.17, 15) is 9.18 Å². The van der Waals surface area contributed by atoms with Crippen molar-refractivity contribution in [1.29, 1.82) is 0 Å². The molecular weight excluding hydrogens is 158 g/mol. The van der Waals surface area contributed by atoms with Crippen molar-refractivity contribution in [2.24, 2.45) is 0 Å². The zero-order valence-corrected chi connectivity index (χ0v) is 6.67. The maximum Gasteiger partial charge on any atom is 0.254 e. The van der Waals surface area contributed by atoms with Gasteiger partial charge in [0.25, 0.3) is 5.78 Å². The first-order chi connectivity index (χ1) is 5.54. The van der Waals surface area contributed by atoms with Gasteiger partial charge in [-0.05, 0) is 13.0 Å². The molecule has 0 amide bonds. The number of aliphatic hydroxyl groups is 1. The van der Waals surface area contributed by atoms with Gasteiger partial charge < -0.3 is 5.11 Å². The van der Waals surface area contributed by atoms with Crippen LogP contribution in [0.1, 0.15) is 6.92 Å². The number of carbonyl (C=O) groups excluding carboxylic acids is 1. The van der Waals surface area contributed by atoms with Crippen LogP contribution >= 0.6 is 0 Å². The summed E-state index contributed by atoms with van der Waals surface area (Å²) < 4.78 is 12.5. The lowest BCUT2D eigenvalue weighted by molar-refractivity contribution is -0.115. The van der Waals surface area contributed by atoms with Crippen LogP contribution in [0.3, 0.4) is 0 Å². The van der Waals surface area contributed by atoms with Gasteiger partial charge in [-0.2, -0.15) is 0 Å². The molecule has 0 bridgehead atoms. The second-order valence-electron chi connectivity index (χ2n) is 1.97. The third-order valence-corrected chi connectivity index (χ3v) is 1.18. The molecule has 0 rings (SSSR count). The van der Waals surface area contributed by atoms with Crippen LogP contribution in [0.2, 0.25) is 0 Å². The molecule has 1 N–H and O–H groups in total. The highest BCUT2D eigenvalue weighted by Gasteiger charge is 2.13. The average molecular weight is 166 g/mol. The van der Waals surface area contributed by atoms with Gasteiger partial charge in [0.2, 0.25) is 0 Å². The molecule has 62 valence electrons. The smallest absolute Gasteiger partial charge is 0.254 e. The lowest BCUT2D eigenvalue weighted by Crippen LogP contribution is -2.05. The molecule has 0 aliphatic heterocycles. The van der Waals surface area contributed by atoms with Crippen molar-refractivity contribution < 1.29 is 14.3 Å². The van der Waals surface area contributed by atoms with Gasteiger partial charge in [-0.1, -0.05) is 18.1 Å². The van der Waals surface area contributed by atoms with Gasteiger partial charge in [-0.25, -0.2) is 4.39 Å². The van der Waals surface area contributed by atoms with Gasteiger partial charge >= 0.3 is 0 Å². The molecule has 0 saturated carbocycles. The standard InChI is InChI=1S/C8H8BFO2/c1-3-5(9)7(11)8(12)6(10)4-2/h3-4,11H,1H2,2H3/b6-4+,7-5-. The zero-order valence-electron chi connectivity index (χ0n) is 6.67. The molecule has 0 aromatic rings. The van der Waals surface area contributed by atoms with E-state index in [0.29, 0.717) is 0 Å². The normalized spacial score (nSPS) is 13.7. The maximum absolute atomic E-state index is 12.5. The molecule has 0 aromatic carbocycles. The Labute approximate surface area is 71.5 Å². The number of allylic oxidation sites excluding steroid dienone is 4. The highest BCUT2D eigenvalue weighted by molar-refractivity contribution is 6.27. The lowest BCUT2D eigenvalue weighted by atomic mass is 9.93. The molecule has 0 saturated heterocycles. The highest BCUT2D eigenvalue weighted by atomic mass is 19.1. The summed E-state index contributed by atoms with van der Waals surface area (Å²) in [6.45, 7) is 4.55. The number of hydrogen-bond donors (Lipinski definition) is 1. The van der Waals surface area contributed by atoms with Crippen LogP contribution in [-0.4, -0.2) is 18.7 Å². The average Bonchev–Trinajstić information content (AvgIpc) is 2.12. The minimum Gasteiger partial charge on any atom is -0.504 e. The van der Waals surface area contributed by atoms with Crippen LogP contribution in [0.5, 0.6) is 0 Å². The van der Waals surface area contributed by atoms with Gasteiger partial charge in [-0.3, -0.25) is 4.79 Å². The molecule has 2 nitrogen and oxygen atoms in total. The van der Waals surface area contributed by atoms with Gasteiger partial charge in [0.05, 0.1) is 0 Å². The van der Waals surface area contributed by atoms with Gasteiger partial charge in [-0.15, -0.1) is 0 Å².